The predicted molar refractivity (Wildman–Crippen MR) is 69.9 cm³/mol. The van der Waals surface area contributed by atoms with E-state index in [0.717, 1.165) is 19.4 Å². The summed E-state index contributed by atoms with van der Waals surface area (Å²) in [6.07, 6.45) is 4.04. The molecule has 1 saturated heterocycles. The Hall–Kier alpha value is -1.95. The number of nitrogens with two attached hydrogens (primary N) is 1. The van der Waals surface area contributed by atoms with E-state index in [4.69, 9.17) is 10.5 Å². The van der Waals surface area contributed by atoms with E-state index < -0.39 is 0 Å². The summed E-state index contributed by atoms with van der Waals surface area (Å²) in [6.45, 7) is 2.05. The second-order valence-electron chi connectivity index (χ2n) is 4.61. The second kappa shape index (κ2) is 6.29. The summed E-state index contributed by atoms with van der Waals surface area (Å²) >= 11 is 0. The number of nitrogen functional groups attached to an aromatic ring is 1. The Bertz CT molecular complexity index is 470. The molecule has 1 fully saturated rings. The van der Waals surface area contributed by atoms with Gasteiger partial charge in [-0.15, -0.1) is 0 Å². The van der Waals surface area contributed by atoms with Crippen LogP contribution >= 0.6 is 0 Å². The summed E-state index contributed by atoms with van der Waals surface area (Å²) in [7, 11) is 0. The van der Waals surface area contributed by atoms with Crippen LogP contribution in [0.2, 0.25) is 0 Å². The molecule has 0 radical (unpaired) electrons. The smallest absolute Gasteiger partial charge is 0.252 e. The Balaban J connectivity index is 1.93. The number of carbonyl (C=O) groups is 2. The van der Waals surface area contributed by atoms with Gasteiger partial charge in [-0.3, -0.25) is 9.59 Å². The number of ether oxygens (including phenoxy) is 1. The van der Waals surface area contributed by atoms with Crippen LogP contribution in [0.15, 0.2) is 12.3 Å². The van der Waals surface area contributed by atoms with Crippen LogP contribution in [-0.4, -0.2) is 36.9 Å². The molecule has 1 aromatic rings. The number of hydrogen-bond donors (Lipinski definition) is 2. The average molecular weight is 263 g/mol. The van der Waals surface area contributed by atoms with E-state index in [1.54, 1.807) is 0 Å². The highest BCUT2D eigenvalue weighted by Gasteiger charge is 2.16. The first-order chi connectivity index (χ1) is 9.20. The normalized spacial score (nSPS) is 18.8. The molecule has 0 aliphatic carbocycles. The molecule has 1 aliphatic heterocycles. The molecule has 0 aromatic carbocycles. The lowest BCUT2D eigenvalue weighted by Crippen LogP contribution is -2.33. The van der Waals surface area contributed by atoms with Gasteiger partial charge in [0.2, 0.25) is 0 Å². The number of nitrogens with zero attached hydrogens (tertiary/aromatic N) is 1. The maximum atomic E-state index is 11.9. The molecule has 1 aliphatic rings. The molecule has 102 valence electrons. The lowest BCUT2D eigenvalue weighted by molar-refractivity contribution is 0.0536. The molecule has 0 spiro atoms. The molecular weight excluding hydrogens is 246 g/mol. The number of pyridine rings is 1. The van der Waals surface area contributed by atoms with E-state index in [0.29, 0.717) is 30.9 Å². The molecule has 0 bridgehead atoms. The molecule has 0 saturated carbocycles. The minimum atomic E-state index is -0.249. The van der Waals surface area contributed by atoms with Crippen molar-refractivity contribution in [3.8, 4) is 0 Å². The van der Waals surface area contributed by atoms with Crippen molar-refractivity contribution in [3.63, 3.8) is 0 Å². The zero-order chi connectivity index (χ0) is 13.7. The van der Waals surface area contributed by atoms with Gasteiger partial charge in [0, 0.05) is 19.3 Å². The number of nitrogens with one attached hydrogen (secondary N) is 1. The van der Waals surface area contributed by atoms with Gasteiger partial charge in [0.25, 0.3) is 5.91 Å². The van der Waals surface area contributed by atoms with E-state index in [9.17, 15) is 9.59 Å². The monoisotopic (exact) mass is 263 g/mol. The highest BCUT2D eigenvalue weighted by atomic mass is 16.5. The summed E-state index contributed by atoms with van der Waals surface area (Å²) < 4.78 is 5.35. The Morgan fingerprint density at radius 3 is 3.16 bits per heavy atom. The fraction of sp³-hybridized carbons (Fsp3) is 0.462. The third kappa shape index (κ3) is 3.51. The van der Waals surface area contributed by atoms with Crippen LogP contribution in [0.4, 0.5) is 5.82 Å². The number of amides is 1. The van der Waals surface area contributed by atoms with Gasteiger partial charge < -0.3 is 15.8 Å². The number of aldehydes is 1. The lowest BCUT2D eigenvalue weighted by atomic mass is 10.0. The van der Waals surface area contributed by atoms with Crippen molar-refractivity contribution >= 4 is 18.0 Å². The minimum Gasteiger partial charge on any atom is -0.383 e. The largest absolute Gasteiger partial charge is 0.383 e. The first-order valence-corrected chi connectivity index (χ1v) is 6.27. The summed E-state index contributed by atoms with van der Waals surface area (Å²) in [5.41, 5.74) is 6.07. The van der Waals surface area contributed by atoms with E-state index >= 15 is 0 Å². The molecular formula is C13H17N3O3. The van der Waals surface area contributed by atoms with Crippen molar-refractivity contribution in [1.29, 1.82) is 0 Å². The van der Waals surface area contributed by atoms with Crippen LogP contribution in [0, 0.1) is 5.92 Å². The number of carbonyl (C=O) groups excluding carboxylic acids is 2. The summed E-state index contributed by atoms with van der Waals surface area (Å²) in [5, 5.41) is 2.82. The van der Waals surface area contributed by atoms with Crippen molar-refractivity contribution in [2.75, 3.05) is 25.5 Å². The average Bonchev–Trinajstić information content (AvgIpc) is 2.46. The number of anilines is 1. The number of aromatic nitrogens is 1. The summed E-state index contributed by atoms with van der Waals surface area (Å²) in [5.74, 6) is 0.235. The molecule has 2 heterocycles. The van der Waals surface area contributed by atoms with Gasteiger partial charge in [-0.05, 0) is 24.8 Å². The molecule has 19 heavy (non-hydrogen) atoms. The zero-order valence-corrected chi connectivity index (χ0v) is 10.6. The van der Waals surface area contributed by atoms with Crippen LogP contribution < -0.4 is 11.1 Å². The van der Waals surface area contributed by atoms with E-state index in [-0.39, 0.29) is 17.3 Å². The van der Waals surface area contributed by atoms with Gasteiger partial charge in [-0.2, -0.15) is 0 Å². The van der Waals surface area contributed by atoms with Gasteiger partial charge in [-0.1, -0.05) is 0 Å². The Labute approximate surface area is 111 Å². The van der Waals surface area contributed by atoms with Gasteiger partial charge in [0.05, 0.1) is 17.7 Å². The van der Waals surface area contributed by atoms with E-state index in [1.165, 1.54) is 12.3 Å². The Morgan fingerprint density at radius 1 is 1.63 bits per heavy atom. The summed E-state index contributed by atoms with van der Waals surface area (Å²) in [4.78, 5) is 26.5. The quantitative estimate of drug-likeness (QED) is 0.777. The van der Waals surface area contributed by atoms with Crippen LogP contribution in [0.3, 0.4) is 0 Å². The first kappa shape index (κ1) is 13.5. The topological polar surface area (TPSA) is 94.3 Å². The maximum absolute atomic E-state index is 11.9. The van der Waals surface area contributed by atoms with Gasteiger partial charge in [0.1, 0.15) is 5.82 Å². The molecule has 1 atom stereocenters. The highest BCUT2D eigenvalue weighted by molar-refractivity contribution is 5.96. The van der Waals surface area contributed by atoms with Crippen LogP contribution in [0.5, 0.6) is 0 Å². The van der Waals surface area contributed by atoms with Crippen molar-refractivity contribution < 1.29 is 14.3 Å². The van der Waals surface area contributed by atoms with Crippen LogP contribution in [0.25, 0.3) is 0 Å². The zero-order valence-electron chi connectivity index (χ0n) is 10.6. The molecule has 3 N–H and O–H groups in total. The molecule has 2 rings (SSSR count). The van der Waals surface area contributed by atoms with Gasteiger partial charge >= 0.3 is 0 Å². The molecule has 6 heteroatoms. The lowest BCUT2D eigenvalue weighted by Gasteiger charge is -2.22. The van der Waals surface area contributed by atoms with Crippen LogP contribution in [0.1, 0.15) is 33.6 Å². The Morgan fingerprint density at radius 2 is 2.47 bits per heavy atom. The maximum Gasteiger partial charge on any atom is 0.252 e. The third-order valence-electron chi connectivity index (χ3n) is 3.14. The molecule has 1 aromatic heterocycles. The van der Waals surface area contributed by atoms with E-state index in [2.05, 4.69) is 10.3 Å². The first-order valence-electron chi connectivity index (χ1n) is 6.27. The van der Waals surface area contributed by atoms with Crippen molar-refractivity contribution in [2.45, 2.75) is 12.8 Å². The molecule has 1 unspecified atom stereocenters. The number of hydrogen-bond acceptors (Lipinski definition) is 5. The molecule has 1 amide bonds. The van der Waals surface area contributed by atoms with Crippen molar-refractivity contribution in [3.05, 3.63) is 23.4 Å². The SMILES string of the molecule is Nc1ncc(C(=O)NCC2CCCOC2)cc1C=O. The highest BCUT2D eigenvalue weighted by Crippen LogP contribution is 2.13. The Kier molecular flexibility index (Phi) is 4.46. The van der Waals surface area contributed by atoms with Crippen molar-refractivity contribution in [2.24, 2.45) is 5.92 Å². The second-order valence-corrected chi connectivity index (χ2v) is 4.61. The van der Waals surface area contributed by atoms with Crippen molar-refractivity contribution in [1.82, 2.24) is 10.3 Å². The standard InChI is InChI=1S/C13H17N3O3/c14-12-11(7-17)4-10(6-15-12)13(18)16-5-9-2-1-3-19-8-9/h4,6-7,9H,1-3,5,8H2,(H2,14,15)(H,16,18). The summed E-state index contributed by atoms with van der Waals surface area (Å²) in [6, 6.07) is 1.45. The third-order valence-corrected chi connectivity index (χ3v) is 3.14. The van der Waals surface area contributed by atoms with Crippen LogP contribution in [-0.2, 0) is 4.74 Å². The van der Waals surface area contributed by atoms with Gasteiger partial charge in [-0.25, -0.2) is 4.98 Å². The number of rotatable bonds is 4. The van der Waals surface area contributed by atoms with Gasteiger partial charge in [0.15, 0.2) is 6.29 Å². The fourth-order valence-electron chi connectivity index (χ4n) is 2.02. The fourth-order valence-corrected chi connectivity index (χ4v) is 2.02. The van der Waals surface area contributed by atoms with E-state index in [1.807, 2.05) is 0 Å². The molecule has 6 nitrogen and oxygen atoms in total. The predicted octanol–water partition coefficient (Wildman–Crippen LogP) is 0.633. The minimum absolute atomic E-state index is 0.132.